The van der Waals surface area contributed by atoms with Crippen molar-refractivity contribution in [3.63, 3.8) is 0 Å². The fourth-order valence-electron chi connectivity index (χ4n) is 4.41. The van der Waals surface area contributed by atoms with E-state index in [9.17, 15) is 46.0 Å². The van der Waals surface area contributed by atoms with Crippen molar-refractivity contribution in [2.75, 3.05) is 13.2 Å². The maximum absolute atomic E-state index is 10.8. The highest BCUT2D eigenvalue weighted by Gasteiger charge is 2.55. The predicted molar refractivity (Wildman–Crippen MR) is 113 cm³/mol. The molecular formula is C20H36NO16+. The Morgan fingerprint density at radius 1 is 0.703 bits per heavy atom. The minimum atomic E-state index is -1.83. The molecule has 0 amide bonds. The molecule has 0 aliphatic carbocycles. The number of hydrogen-bond donors (Lipinski definition) is 11. The highest BCUT2D eigenvalue weighted by atomic mass is 17.1. The maximum atomic E-state index is 10.8. The molecule has 216 valence electrons. The first-order chi connectivity index (χ1) is 17.4. The number of ether oxygens (including phenoxy) is 5. The van der Waals surface area contributed by atoms with E-state index in [2.05, 4.69) is 9.88 Å². The van der Waals surface area contributed by atoms with E-state index < -0.39 is 105 Å². The van der Waals surface area contributed by atoms with Crippen molar-refractivity contribution in [3.05, 3.63) is 0 Å². The fraction of sp³-hybridized carbons (Fsp3) is 0.950. The summed E-state index contributed by atoms with van der Waals surface area (Å²) in [6, 6.07) is -1.36. The summed E-state index contributed by atoms with van der Waals surface area (Å²) < 4.78 is 27.5. The minimum absolute atomic E-state index is 0.239. The molecule has 15 atom stereocenters. The van der Waals surface area contributed by atoms with E-state index in [1.165, 1.54) is 13.8 Å². The lowest BCUT2D eigenvalue weighted by Gasteiger charge is -2.47. The van der Waals surface area contributed by atoms with Gasteiger partial charge >= 0.3 is 5.90 Å². The Hall–Kier alpha value is -1.13. The molecule has 3 rings (SSSR count). The van der Waals surface area contributed by atoms with Crippen molar-refractivity contribution < 1.29 is 84.8 Å². The quantitative estimate of drug-likeness (QED) is 0.0612. The summed E-state index contributed by atoms with van der Waals surface area (Å²) >= 11 is 0. The lowest BCUT2D eigenvalue weighted by Crippen LogP contribution is -2.89. The summed E-state index contributed by atoms with van der Waals surface area (Å²) in [6.45, 7) is 1.14. The van der Waals surface area contributed by atoms with Crippen molar-refractivity contribution in [1.82, 2.24) is 0 Å². The molecule has 0 bridgehead atoms. The topological polar surface area (TPSA) is 272 Å². The summed E-state index contributed by atoms with van der Waals surface area (Å²) in [5.41, 5.74) is 0. The summed E-state index contributed by atoms with van der Waals surface area (Å²) in [5.74, 6) is -0.239. The minimum Gasteiger partial charge on any atom is -0.394 e. The van der Waals surface area contributed by atoms with Crippen LogP contribution in [0.25, 0.3) is 0 Å². The average Bonchev–Trinajstić information content (AvgIpc) is 2.88. The van der Waals surface area contributed by atoms with E-state index in [0.717, 1.165) is 0 Å². The Kier molecular flexibility index (Phi) is 10.5. The first-order valence-corrected chi connectivity index (χ1v) is 11.6. The van der Waals surface area contributed by atoms with Crippen molar-refractivity contribution in [1.29, 1.82) is 0 Å². The van der Waals surface area contributed by atoms with Gasteiger partial charge in [-0.2, -0.15) is 5.26 Å². The molecule has 0 radical (unpaired) electrons. The number of rotatable bonds is 7. The van der Waals surface area contributed by atoms with Crippen LogP contribution in [0.1, 0.15) is 13.8 Å². The van der Waals surface area contributed by atoms with Gasteiger partial charge in [0.15, 0.2) is 18.7 Å². The molecule has 3 fully saturated rings. The second-order valence-corrected chi connectivity index (χ2v) is 9.15. The van der Waals surface area contributed by atoms with Gasteiger partial charge in [0.1, 0.15) is 54.9 Å². The van der Waals surface area contributed by atoms with Gasteiger partial charge in [-0.3, -0.25) is 4.89 Å². The van der Waals surface area contributed by atoms with Crippen LogP contribution in [0.15, 0.2) is 0 Å². The third kappa shape index (κ3) is 6.38. The monoisotopic (exact) mass is 546 g/mol. The van der Waals surface area contributed by atoms with Crippen molar-refractivity contribution >= 4 is 5.90 Å². The van der Waals surface area contributed by atoms with Crippen molar-refractivity contribution in [3.8, 4) is 0 Å². The summed E-state index contributed by atoms with van der Waals surface area (Å²) in [4.78, 5) is 6.58. The normalized spacial score (nSPS) is 49.6. The zero-order valence-corrected chi connectivity index (χ0v) is 20.0. The van der Waals surface area contributed by atoms with Gasteiger partial charge in [0, 0.05) is 0 Å². The van der Waals surface area contributed by atoms with Crippen LogP contribution in [0.3, 0.4) is 0 Å². The zero-order valence-electron chi connectivity index (χ0n) is 20.0. The first-order valence-electron chi connectivity index (χ1n) is 11.6. The number of nitrogens with one attached hydrogen (secondary N) is 1. The van der Waals surface area contributed by atoms with E-state index in [1.807, 2.05) is 0 Å². The molecule has 0 saturated carbocycles. The number of aliphatic hydroxyl groups is 9. The van der Waals surface area contributed by atoms with Gasteiger partial charge in [0.25, 0.3) is 0 Å². The van der Waals surface area contributed by atoms with E-state index in [0.29, 0.717) is 0 Å². The number of hydrogen-bond acceptors (Lipinski definition) is 16. The Morgan fingerprint density at radius 2 is 1.30 bits per heavy atom. The summed E-state index contributed by atoms with van der Waals surface area (Å²) in [5, 5.41) is 101. The van der Waals surface area contributed by atoms with E-state index in [4.69, 9.17) is 28.9 Å². The van der Waals surface area contributed by atoms with Crippen LogP contribution in [0, 0.1) is 0 Å². The van der Waals surface area contributed by atoms with Crippen LogP contribution < -0.4 is 4.99 Å². The van der Waals surface area contributed by atoms with E-state index >= 15 is 0 Å². The molecule has 37 heavy (non-hydrogen) atoms. The third-order valence-corrected chi connectivity index (χ3v) is 6.60. The molecule has 0 aromatic rings. The van der Waals surface area contributed by atoms with Gasteiger partial charge in [-0.05, 0) is 6.92 Å². The summed E-state index contributed by atoms with van der Waals surface area (Å²) in [6.07, 6.45) is -22.2. The zero-order chi connectivity index (χ0) is 27.6. The highest BCUT2D eigenvalue weighted by molar-refractivity contribution is 5.65. The second kappa shape index (κ2) is 12.8. The molecular weight excluding hydrogens is 510 g/mol. The molecule has 17 nitrogen and oxygen atoms in total. The number of aliphatic hydroxyl groups excluding tert-OH is 9. The Morgan fingerprint density at radius 3 is 1.89 bits per heavy atom. The molecule has 3 aliphatic rings. The Bertz CT molecular complexity index is 760. The largest absolute Gasteiger partial charge is 0.394 e. The van der Waals surface area contributed by atoms with Gasteiger partial charge in [0.2, 0.25) is 12.3 Å². The first kappa shape index (κ1) is 30.4. The van der Waals surface area contributed by atoms with Crippen LogP contribution in [0.2, 0.25) is 0 Å². The maximum Gasteiger partial charge on any atom is 0.365 e. The third-order valence-electron chi connectivity index (χ3n) is 6.60. The molecule has 3 heterocycles. The predicted octanol–water partition coefficient (Wildman–Crippen LogP) is -7.55. The molecule has 0 aromatic carbocycles. The molecule has 3 aliphatic heterocycles. The molecule has 0 aromatic heterocycles. The van der Waals surface area contributed by atoms with Crippen LogP contribution in [0.5, 0.6) is 0 Å². The van der Waals surface area contributed by atoms with E-state index in [-0.39, 0.29) is 5.90 Å². The second-order valence-electron chi connectivity index (χ2n) is 9.15. The lowest BCUT2D eigenvalue weighted by molar-refractivity contribution is -0.577. The molecule has 3 saturated heterocycles. The highest BCUT2D eigenvalue weighted by Crippen LogP contribution is 2.32. The SMILES string of the molecule is CC(=[NH+][C@@H]1[C@@H](O[C@@H]2O[C@H](CO)[C@H](O)[C@H](O)[C@H]2O[C@@H]2O[C@@H](C)[C@@H](O)[C@@H](O)[C@@H]2O)[C@H](O)[C@@H](CO)O[C@H]1O)OO. The Labute approximate surface area is 210 Å². The molecule has 11 N–H and O–H groups in total. The Balaban J connectivity index is 1.91. The van der Waals surface area contributed by atoms with Gasteiger partial charge in [-0.1, -0.05) is 0 Å². The van der Waals surface area contributed by atoms with Gasteiger partial charge in [-0.25, -0.2) is 4.99 Å². The molecule has 17 heteroatoms. The van der Waals surface area contributed by atoms with Crippen LogP contribution >= 0.6 is 0 Å². The lowest BCUT2D eigenvalue weighted by atomic mass is 9.95. The molecule has 0 unspecified atom stereocenters. The average molecular weight is 546 g/mol. The standard InChI is InChI=1S/C20H35NO16/c1-5-10(24)13(27)15(29)19(32-5)36-17-14(28)11(25)7(3-22)34-20(17)35-16-9(21-6(2)37-31)18(30)33-8(4-23)12(16)26/h5,7-20,22-31H,3-4H2,1-2H3/p+1/t5-,7+,8+,9+,10+,11-,12+,13+,14-,15-,16+,17+,18+,19-,20-/m0/s1. The van der Waals surface area contributed by atoms with Crippen LogP contribution in [-0.4, -0.2) is 162 Å². The van der Waals surface area contributed by atoms with Gasteiger partial charge in [-0.15, -0.1) is 0 Å². The smallest absolute Gasteiger partial charge is 0.365 e. The van der Waals surface area contributed by atoms with Gasteiger partial charge in [0.05, 0.1) is 26.2 Å². The van der Waals surface area contributed by atoms with Crippen LogP contribution in [-0.2, 0) is 28.6 Å². The summed E-state index contributed by atoms with van der Waals surface area (Å²) in [7, 11) is 0. The van der Waals surface area contributed by atoms with E-state index in [1.54, 1.807) is 0 Å². The fourth-order valence-corrected chi connectivity index (χ4v) is 4.41. The molecule has 0 spiro atoms. The van der Waals surface area contributed by atoms with Crippen LogP contribution in [0.4, 0.5) is 0 Å². The van der Waals surface area contributed by atoms with Crippen molar-refractivity contribution in [2.45, 2.75) is 106 Å². The van der Waals surface area contributed by atoms with Gasteiger partial charge < -0.3 is 69.6 Å². The van der Waals surface area contributed by atoms with Crippen molar-refractivity contribution in [2.24, 2.45) is 0 Å².